The van der Waals surface area contributed by atoms with Crippen molar-refractivity contribution in [3.8, 4) is 11.5 Å². The second-order valence-corrected chi connectivity index (χ2v) is 12.0. The molecule has 0 unspecified atom stereocenters. The van der Waals surface area contributed by atoms with Gasteiger partial charge in [-0.1, -0.05) is 6.92 Å². The number of methoxy groups -OCH3 is 1. The van der Waals surface area contributed by atoms with Crippen LogP contribution in [0, 0.1) is 5.92 Å². The summed E-state index contributed by atoms with van der Waals surface area (Å²) in [5.41, 5.74) is 0.867. The maximum Gasteiger partial charge on any atom is 0.321 e. The van der Waals surface area contributed by atoms with Crippen LogP contribution < -0.4 is 19.5 Å². The third-order valence-corrected chi connectivity index (χ3v) is 8.28. The molecule has 0 fully saturated rings. The lowest BCUT2D eigenvalue weighted by Crippen LogP contribution is -2.50. The molecule has 1 aliphatic heterocycles. The van der Waals surface area contributed by atoms with E-state index in [0.29, 0.717) is 11.4 Å². The number of imidazole rings is 1. The number of anilines is 2. The first-order chi connectivity index (χ1) is 19.9. The van der Waals surface area contributed by atoms with Gasteiger partial charge >= 0.3 is 6.03 Å². The highest BCUT2D eigenvalue weighted by atomic mass is 32.2. The number of carbonyl (C=O) groups is 2. The van der Waals surface area contributed by atoms with Gasteiger partial charge in [-0.25, -0.2) is 9.78 Å². The van der Waals surface area contributed by atoms with E-state index >= 15 is 0 Å². The molecule has 14 heteroatoms. The number of aromatic nitrogens is 2. The molecule has 13 nitrogen and oxygen atoms in total. The summed E-state index contributed by atoms with van der Waals surface area (Å²) < 4.78 is 41.2. The molecule has 0 saturated carbocycles. The second-order valence-electron chi connectivity index (χ2n) is 10.4. The van der Waals surface area contributed by atoms with Crippen LogP contribution >= 0.6 is 0 Å². The molecule has 0 aliphatic carbocycles. The van der Waals surface area contributed by atoms with Crippen molar-refractivity contribution in [1.82, 2.24) is 19.4 Å². The Labute approximate surface area is 245 Å². The van der Waals surface area contributed by atoms with E-state index in [9.17, 15) is 23.1 Å². The predicted octanol–water partition coefficient (Wildman–Crippen LogP) is 2.61. The zero-order valence-electron chi connectivity index (χ0n) is 24.1. The van der Waals surface area contributed by atoms with Gasteiger partial charge in [-0.05, 0) is 49.4 Å². The van der Waals surface area contributed by atoms with Gasteiger partial charge in [0.2, 0.25) is 0 Å². The SMILES string of the molecule is COc1ccc(NC(=O)N(C)C[C@@H]2Oc3ccc(NS(=O)(=O)c4cn(C)cn4)cc3C(=O)N([C@@H](C)CO)C[C@H]2C)cc1. The number of urea groups is 1. The molecular formula is C28H36N6O7S. The van der Waals surface area contributed by atoms with E-state index in [4.69, 9.17) is 9.47 Å². The van der Waals surface area contributed by atoms with E-state index < -0.39 is 28.1 Å². The lowest BCUT2D eigenvalue weighted by molar-refractivity contribution is 0.0371. The van der Waals surface area contributed by atoms with Gasteiger partial charge in [-0.15, -0.1) is 0 Å². The molecule has 226 valence electrons. The number of nitrogens with one attached hydrogen (secondary N) is 2. The van der Waals surface area contributed by atoms with Gasteiger partial charge in [-0.2, -0.15) is 8.42 Å². The van der Waals surface area contributed by atoms with Crippen molar-refractivity contribution >= 4 is 33.3 Å². The number of ether oxygens (including phenoxy) is 2. The molecule has 3 aromatic rings. The Morgan fingerprint density at radius 2 is 1.93 bits per heavy atom. The van der Waals surface area contributed by atoms with Crippen LogP contribution in [0.15, 0.2) is 60.0 Å². The van der Waals surface area contributed by atoms with Gasteiger partial charge in [0, 0.05) is 44.1 Å². The molecular weight excluding hydrogens is 564 g/mol. The van der Waals surface area contributed by atoms with Crippen LogP contribution in [0.1, 0.15) is 24.2 Å². The molecule has 2 aromatic carbocycles. The zero-order chi connectivity index (χ0) is 30.6. The minimum Gasteiger partial charge on any atom is -0.497 e. The number of fused-ring (bicyclic) bond motifs is 1. The van der Waals surface area contributed by atoms with Crippen LogP contribution in [0.4, 0.5) is 16.2 Å². The van der Waals surface area contributed by atoms with Crippen LogP contribution in [-0.2, 0) is 17.1 Å². The van der Waals surface area contributed by atoms with E-state index in [1.165, 1.54) is 45.1 Å². The molecule has 3 N–H and O–H groups in total. The van der Waals surface area contributed by atoms with Crippen molar-refractivity contribution in [3.63, 3.8) is 0 Å². The van der Waals surface area contributed by atoms with Crippen molar-refractivity contribution in [2.45, 2.75) is 31.0 Å². The fourth-order valence-electron chi connectivity index (χ4n) is 4.49. The standard InChI is InChI=1S/C28H36N6O7S/c1-18-13-34(19(2)16-35)27(36)23-12-21(31-42(38,39)26-15-32(3)17-29-26)8-11-24(23)41-25(18)14-33(4)28(37)30-20-6-9-22(40-5)10-7-20/h6-12,15,17-19,25,31,35H,13-14,16H2,1-5H3,(H,30,37)/t18-,19+,25+/m1/s1. The smallest absolute Gasteiger partial charge is 0.321 e. The van der Waals surface area contributed by atoms with Crippen LogP contribution in [0.2, 0.25) is 0 Å². The molecule has 3 amide bonds. The van der Waals surface area contributed by atoms with Gasteiger partial charge in [0.05, 0.1) is 38.2 Å². The summed E-state index contributed by atoms with van der Waals surface area (Å²) >= 11 is 0. The summed E-state index contributed by atoms with van der Waals surface area (Å²) in [4.78, 5) is 33.6. The van der Waals surface area contributed by atoms with Gasteiger partial charge in [-0.3, -0.25) is 9.52 Å². The van der Waals surface area contributed by atoms with Crippen molar-refractivity contribution < 1.29 is 32.6 Å². The average molecular weight is 601 g/mol. The largest absolute Gasteiger partial charge is 0.497 e. The van der Waals surface area contributed by atoms with Crippen LogP contribution in [0.25, 0.3) is 0 Å². The topological polar surface area (TPSA) is 155 Å². The lowest BCUT2D eigenvalue weighted by atomic mass is 9.99. The van der Waals surface area contributed by atoms with Crippen LogP contribution in [0.3, 0.4) is 0 Å². The van der Waals surface area contributed by atoms with E-state index in [1.807, 2.05) is 6.92 Å². The van der Waals surface area contributed by atoms with E-state index in [-0.39, 0.29) is 53.7 Å². The molecule has 0 saturated heterocycles. The van der Waals surface area contributed by atoms with E-state index in [1.54, 1.807) is 52.4 Å². The fraction of sp³-hybridized carbons (Fsp3) is 0.393. The van der Waals surface area contributed by atoms with E-state index in [0.717, 1.165) is 0 Å². The molecule has 2 heterocycles. The molecule has 0 spiro atoms. The number of hydrogen-bond acceptors (Lipinski definition) is 8. The summed E-state index contributed by atoms with van der Waals surface area (Å²) in [6.07, 6.45) is 2.20. The number of rotatable bonds is 9. The third kappa shape index (κ3) is 6.94. The Morgan fingerprint density at radius 1 is 1.24 bits per heavy atom. The molecule has 1 aromatic heterocycles. The first kappa shape index (κ1) is 30.7. The van der Waals surface area contributed by atoms with Crippen molar-refractivity contribution in [2.24, 2.45) is 13.0 Å². The number of aliphatic hydroxyl groups excluding tert-OH is 1. The number of likely N-dealkylation sites (N-methyl/N-ethyl adjacent to an activating group) is 1. The summed E-state index contributed by atoms with van der Waals surface area (Å²) in [6.45, 7) is 3.79. The van der Waals surface area contributed by atoms with Gasteiger partial charge in [0.1, 0.15) is 17.6 Å². The normalized spacial score (nSPS) is 17.8. The summed E-state index contributed by atoms with van der Waals surface area (Å²) in [5.74, 6) is 0.258. The van der Waals surface area contributed by atoms with Crippen LogP contribution in [-0.4, -0.2) is 90.8 Å². The van der Waals surface area contributed by atoms with Crippen molar-refractivity contribution in [3.05, 3.63) is 60.6 Å². The first-order valence-corrected chi connectivity index (χ1v) is 14.8. The second kappa shape index (κ2) is 12.7. The maximum atomic E-state index is 13.7. The average Bonchev–Trinajstić information content (AvgIpc) is 3.42. The number of sulfonamides is 1. The number of aliphatic hydroxyl groups is 1. The Bertz CT molecular complexity index is 1530. The van der Waals surface area contributed by atoms with E-state index in [2.05, 4.69) is 15.0 Å². The monoisotopic (exact) mass is 600 g/mol. The van der Waals surface area contributed by atoms with Crippen LogP contribution in [0.5, 0.6) is 11.5 Å². The summed E-state index contributed by atoms with van der Waals surface area (Å²) in [7, 11) is 0.852. The number of nitrogens with zero attached hydrogens (tertiary/aromatic N) is 4. The zero-order valence-corrected chi connectivity index (χ0v) is 25.0. The number of benzene rings is 2. The number of amides is 3. The highest BCUT2D eigenvalue weighted by Crippen LogP contribution is 2.31. The van der Waals surface area contributed by atoms with Crippen molar-refractivity contribution in [2.75, 3.05) is 43.9 Å². The first-order valence-electron chi connectivity index (χ1n) is 13.3. The molecule has 0 bridgehead atoms. The number of hydrogen-bond donors (Lipinski definition) is 3. The summed E-state index contributed by atoms with van der Waals surface area (Å²) in [6, 6.07) is 10.5. The molecule has 42 heavy (non-hydrogen) atoms. The minimum absolute atomic E-state index is 0.124. The fourth-order valence-corrected chi connectivity index (χ4v) is 5.52. The highest BCUT2D eigenvalue weighted by molar-refractivity contribution is 7.92. The molecule has 3 atom stereocenters. The van der Waals surface area contributed by atoms with Crippen molar-refractivity contribution in [1.29, 1.82) is 0 Å². The quantitative estimate of drug-likeness (QED) is 0.339. The molecule has 0 radical (unpaired) electrons. The van der Waals surface area contributed by atoms with Gasteiger partial charge in [0.15, 0.2) is 5.03 Å². The van der Waals surface area contributed by atoms with Gasteiger partial charge in [0.25, 0.3) is 15.9 Å². The Kier molecular flexibility index (Phi) is 9.27. The highest BCUT2D eigenvalue weighted by Gasteiger charge is 2.34. The Morgan fingerprint density at radius 3 is 2.55 bits per heavy atom. The molecule has 1 aliphatic rings. The number of aryl methyl sites for hydroxylation is 1. The lowest BCUT2D eigenvalue weighted by Gasteiger charge is -2.38. The Hall–Kier alpha value is -4.30. The Balaban J connectivity index is 1.59. The summed E-state index contributed by atoms with van der Waals surface area (Å²) in [5, 5.41) is 12.6. The number of carbonyl (C=O) groups excluding carboxylic acids is 2. The van der Waals surface area contributed by atoms with Gasteiger partial charge < -0.3 is 34.3 Å². The minimum atomic E-state index is -4.01. The molecule has 4 rings (SSSR count). The third-order valence-electron chi connectivity index (χ3n) is 7.02. The predicted molar refractivity (Wildman–Crippen MR) is 156 cm³/mol. The maximum absolute atomic E-state index is 13.7.